The Hall–Kier alpha value is 0.300. The summed E-state index contributed by atoms with van der Waals surface area (Å²) >= 11 is 0. The van der Waals surface area contributed by atoms with E-state index in [9.17, 15) is 28.7 Å². The first-order valence-electron chi connectivity index (χ1n) is 6.56. The molecule has 0 saturated heterocycles. The van der Waals surface area contributed by atoms with Crippen LogP contribution < -0.4 is 0 Å². The summed E-state index contributed by atoms with van der Waals surface area (Å²) in [6.45, 7) is 6.60. The second-order valence-electron chi connectivity index (χ2n) is 5.13. The highest BCUT2D eigenvalue weighted by Crippen LogP contribution is 2.65. The van der Waals surface area contributed by atoms with E-state index in [1.807, 2.05) is 0 Å². The van der Waals surface area contributed by atoms with E-state index in [1.54, 1.807) is 27.7 Å². The Bertz CT molecular complexity index is 339. The zero-order valence-corrected chi connectivity index (χ0v) is 13.8. The van der Waals surface area contributed by atoms with Crippen LogP contribution >= 0.6 is 15.2 Å². The van der Waals surface area contributed by atoms with Crippen molar-refractivity contribution in [1.29, 1.82) is 0 Å². The summed E-state index contributed by atoms with van der Waals surface area (Å²) in [7, 11) is -8.89. The van der Waals surface area contributed by atoms with Crippen LogP contribution in [0.4, 0.5) is 0 Å². The third-order valence-corrected chi connectivity index (χ3v) is 8.58. The average molecular weight is 316 g/mol. The number of rotatable bonds is 8. The largest absolute Gasteiger partial charge is 0.331 e. The van der Waals surface area contributed by atoms with Gasteiger partial charge >= 0.3 is 15.2 Å². The van der Waals surface area contributed by atoms with E-state index in [2.05, 4.69) is 0 Å². The van der Waals surface area contributed by atoms with Crippen LogP contribution in [0, 0.1) is 0 Å². The molecule has 0 aliphatic heterocycles. The van der Waals surface area contributed by atoms with Gasteiger partial charge in [-0.3, -0.25) is 9.13 Å². The zero-order chi connectivity index (χ0) is 15.5. The first-order chi connectivity index (χ1) is 8.45. The third-order valence-electron chi connectivity index (χ3n) is 4.53. The highest BCUT2D eigenvalue weighted by atomic mass is 31.2. The van der Waals surface area contributed by atoms with E-state index < -0.39 is 25.5 Å². The van der Waals surface area contributed by atoms with Crippen molar-refractivity contribution in [2.45, 2.75) is 70.1 Å². The maximum Gasteiger partial charge on any atom is 0.331 e. The predicted molar refractivity (Wildman–Crippen MR) is 75.3 cm³/mol. The van der Waals surface area contributed by atoms with Crippen molar-refractivity contribution >= 4 is 15.2 Å². The van der Waals surface area contributed by atoms with Gasteiger partial charge in [0.15, 0.2) is 0 Å². The summed E-state index contributed by atoms with van der Waals surface area (Å²) in [6.07, 6.45) is 0.602. The molecule has 0 atom stereocenters. The first kappa shape index (κ1) is 19.3. The predicted octanol–water partition coefficient (Wildman–Crippen LogP) is 2.85. The van der Waals surface area contributed by atoms with Crippen LogP contribution in [0.3, 0.4) is 0 Å². The molecule has 6 nitrogen and oxygen atoms in total. The van der Waals surface area contributed by atoms with Gasteiger partial charge in [-0.05, 0) is 32.1 Å². The molecule has 0 amide bonds. The second-order valence-corrected chi connectivity index (χ2v) is 9.20. The molecule has 0 aromatic heterocycles. The SMILES string of the molecule is CCC(CC)(CC(CC)(CC)P(=O)(O)O)P(=O)(O)O. The van der Waals surface area contributed by atoms with E-state index in [4.69, 9.17) is 0 Å². The Balaban J connectivity index is 5.80. The Morgan fingerprint density at radius 1 is 0.684 bits per heavy atom. The van der Waals surface area contributed by atoms with Crippen molar-refractivity contribution < 1.29 is 28.7 Å². The minimum Gasteiger partial charge on any atom is -0.324 e. The van der Waals surface area contributed by atoms with Gasteiger partial charge < -0.3 is 19.6 Å². The standard InChI is InChI=1S/C11H26O6P2/c1-5-10(6-2,18(12,13)14)9-11(7-3,8-4)19(15,16)17/h5-9H2,1-4H3,(H2,12,13,14)(H2,15,16,17). The van der Waals surface area contributed by atoms with Gasteiger partial charge in [-0.2, -0.15) is 0 Å². The van der Waals surface area contributed by atoms with Gasteiger partial charge in [-0.25, -0.2) is 0 Å². The lowest BCUT2D eigenvalue weighted by molar-refractivity contribution is 0.252. The second kappa shape index (κ2) is 6.38. The molecular weight excluding hydrogens is 290 g/mol. The smallest absolute Gasteiger partial charge is 0.324 e. The summed E-state index contributed by atoms with van der Waals surface area (Å²) in [5, 5.41) is -2.72. The molecule has 0 aliphatic rings. The van der Waals surface area contributed by atoms with Crippen LogP contribution in [0.25, 0.3) is 0 Å². The topological polar surface area (TPSA) is 115 Å². The van der Waals surface area contributed by atoms with E-state index in [-0.39, 0.29) is 32.1 Å². The molecule has 0 aromatic rings. The van der Waals surface area contributed by atoms with Crippen molar-refractivity contribution in [3.63, 3.8) is 0 Å². The molecule has 0 aliphatic carbocycles. The van der Waals surface area contributed by atoms with Crippen molar-refractivity contribution in [2.24, 2.45) is 0 Å². The Morgan fingerprint density at radius 3 is 1.00 bits per heavy atom. The molecular formula is C11H26O6P2. The van der Waals surface area contributed by atoms with Crippen LogP contribution in [0.2, 0.25) is 0 Å². The van der Waals surface area contributed by atoms with Gasteiger partial charge in [0, 0.05) is 0 Å². The van der Waals surface area contributed by atoms with Crippen molar-refractivity contribution in [3.05, 3.63) is 0 Å². The Labute approximate surface area is 114 Å². The van der Waals surface area contributed by atoms with Gasteiger partial charge in [-0.1, -0.05) is 27.7 Å². The highest BCUT2D eigenvalue weighted by molar-refractivity contribution is 7.54. The molecule has 0 saturated carbocycles. The van der Waals surface area contributed by atoms with E-state index in [0.717, 1.165) is 0 Å². The summed E-state index contributed by atoms with van der Waals surface area (Å²) in [4.78, 5) is 38.4. The third kappa shape index (κ3) is 3.69. The maximum absolute atomic E-state index is 11.8. The van der Waals surface area contributed by atoms with E-state index in [0.29, 0.717) is 0 Å². The van der Waals surface area contributed by atoms with Crippen LogP contribution in [-0.2, 0) is 9.13 Å². The van der Waals surface area contributed by atoms with Crippen molar-refractivity contribution in [2.75, 3.05) is 0 Å². The summed E-state index contributed by atoms with van der Waals surface area (Å²) in [5.74, 6) is 0. The lowest BCUT2D eigenvalue weighted by Gasteiger charge is -2.42. The Kier molecular flexibility index (Phi) is 6.48. The minimum atomic E-state index is -4.44. The summed E-state index contributed by atoms with van der Waals surface area (Å²) < 4.78 is 23.6. The van der Waals surface area contributed by atoms with Gasteiger partial charge in [0.25, 0.3) is 0 Å². The van der Waals surface area contributed by atoms with Gasteiger partial charge in [0.1, 0.15) is 0 Å². The molecule has 0 spiro atoms. The monoisotopic (exact) mass is 316 g/mol. The van der Waals surface area contributed by atoms with Gasteiger partial charge in [-0.15, -0.1) is 0 Å². The van der Waals surface area contributed by atoms with E-state index >= 15 is 0 Å². The fourth-order valence-corrected chi connectivity index (χ4v) is 5.43. The average Bonchev–Trinajstić information content (AvgIpc) is 2.28. The van der Waals surface area contributed by atoms with Crippen molar-refractivity contribution in [1.82, 2.24) is 0 Å². The Morgan fingerprint density at radius 2 is 0.895 bits per heavy atom. The number of hydrogen-bond donors (Lipinski definition) is 4. The fraction of sp³-hybridized carbons (Fsp3) is 1.00. The summed E-state index contributed by atoms with van der Waals surface area (Å²) in [5.41, 5.74) is 0. The molecule has 0 fully saturated rings. The molecule has 0 aromatic carbocycles. The van der Waals surface area contributed by atoms with Crippen LogP contribution in [0.15, 0.2) is 0 Å². The van der Waals surface area contributed by atoms with Crippen LogP contribution in [0.5, 0.6) is 0 Å². The van der Waals surface area contributed by atoms with Crippen LogP contribution in [0.1, 0.15) is 59.8 Å². The molecule has 0 radical (unpaired) electrons. The maximum atomic E-state index is 11.8. The molecule has 0 unspecified atom stereocenters. The lowest BCUT2D eigenvalue weighted by atomic mass is 9.86. The highest BCUT2D eigenvalue weighted by Gasteiger charge is 2.54. The normalized spacial score (nSPS) is 14.7. The fourth-order valence-electron chi connectivity index (χ4n) is 2.64. The minimum absolute atomic E-state index is 0.158. The molecule has 116 valence electrons. The molecule has 19 heavy (non-hydrogen) atoms. The molecule has 0 bridgehead atoms. The quantitative estimate of drug-likeness (QED) is 0.512. The van der Waals surface area contributed by atoms with Crippen LogP contribution in [-0.4, -0.2) is 29.9 Å². The molecule has 4 N–H and O–H groups in total. The van der Waals surface area contributed by atoms with Gasteiger partial charge in [0.05, 0.1) is 10.3 Å². The van der Waals surface area contributed by atoms with Crippen molar-refractivity contribution in [3.8, 4) is 0 Å². The molecule has 0 rings (SSSR count). The van der Waals surface area contributed by atoms with Gasteiger partial charge in [0.2, 0.25) is 0 Å². The first-order valence-corrected chi connectivity index (χ1v) is 9.79. The molecule has 8 heteroatoms. The zero-order valence-electron chi connectivity index (χ0n) is 12.0. The molecule has 0 heterocycles. The summed E-state index contributed by atoms with van der Waals surface area (Å²) in [6, 6.07) is 0. The lowest BCUT2D eigenvalue weighted by Crippen LogP contribution is -2.40. The number of hydrogen-bond acceptors (Lipinski definition) is 2. The van der Waals surface area contributed by atoms with E-state index in [1.165, 1.54) is 0 Å².